The van der Waals surface area contributed by atoms with Crippen LogP contribution in [0.5, 0.6) is 5.75 Å². The Bertz CT molecular complexity index is 1150. The van der Waals surface area contributed by atoms with E-state index in [0.29, 0.717) is 28.7 Å². The molecular weight excluding hydrogens is 468 g/mol. The number of sulfonamides is 1. The van der Waals surface area contributed by atoms with Crippen molar-refractivity contribution < 1.29 is 17.9 Å². The van der Waals surface area contributed by atoms with Gasteiger partial charge in [-0.05, 0) is 54.6 Å². The van der Waals surface area contributed by atoms with E-state index in [4.69, 9.17) is 4.74 Å². The van der Waals surface area contributed by atoms with Crippen molar-refractivity contribution in [2.75, 3.05) is 28.2 Å². The predicted octanol–water partition coefficient (Wildman–Crippen LogP) is 4.27. The highest BCUT2D eigenvalue weighted by molar-refractivity contribution is 8.01. The maximum Gasteiger partial charge on any atom is 0.257 e. The smallest absolute Gasteiger partial charge is 0.257 e. The highest BCUT2D eigenvalue weighted by atomic mass is 32.2. The molecule has 0 fully saturated rings. The molecule has 11 heteroatoms. The molecule has 3 rings (SSSR count). The van der Waals surface area contributed by atoms with Crippen LogP contribution in [0, 0.1) is 0 Å². The fourth-order valence-corrected chi connectivity index (χ4v) is 5.35. The Labute approximate surface area is 196 Å². The lowest BCUT2D eigenvalue weighted by molar-refractivity contribution is 0.102. The number of aromatic nitrogens is 2. The van der Waals surface area contributed by atoms with Gasteiger partial charge < -0.3 is 4.74 Å². The third-order valence-corrected chi connectivity index (χ3v) is 7.27. The fourth-order valence-electron chi connectivity index (χ4n) is 2.81. The molecule has 1 N–H and O–H groups in total. The van der Waals surface area contributed by atoms with Gasteiger partial charge in [0.1, 0.15) is 5.75 Å². The van der Waals surface area contributed by atoms with Crippen molar-refractivity contribution in [1.29, 1.82) is 0 Å². The summed E-state index contributed by atoms with van der Waals surface area (Å²) in [5.41, 5.74) is 1.73. The van der Waals surface area contributed by atoms with Crippen LogP contribution < -0.4 is 14.4 Å². The number of carbonyl (C=O) groups excluding carboxylic acids is 1. The minimum Gasteiger partial charge on any atom is -0.494 e. The van der Waals surface area contributed by atoms with Gasteiger partial charge in [-0.2, -0.15) is 0 Å². The Balaban J connectivity index is 1.70. The van der Waals surface area contributed by atoms with Crippen molar-refractivity contribution in [1.82, 2.24) is 10.2 Å². The van der Waals surface area contributed by atoms with Crippen molar-refractivity contribution in [3.63, 3.8) is 0 Å². The Morgan fingerprint density at radius 3 is 2.38 bits per heavy atom. The molecule has 0 aliphatic rings. The Morgan fingerprint density at radius 2 is 1.78 bits per heavy atom. The minimum atomic E-state index is -3.51. The molecule has 0 radical (unpaired) electrons. The molecule has 170 valence electrons. The Morgan fingerprint density at radius 1 is 1.09 bits per heavy atom. The molecule has 0 aliphatic heterocycles. The fraction of sp³-hybridized carbons (Fsp3) is 0.286. The lowest BCUT2D eigenvalue weighted by Crippen LogP contribution is -2.29. The number of thioether (sulfide) groups is 1. The first-order valence-corrected chi connectivity index (χ1v) is 13.5. The summed E-state index contributed by atoms with van der Waals surface area (Å²) in [5, 5.41) is 11.2. The normalized spacial score (nSPS) is 11.2. The van der Waals surface area contributed by atoms with Gasteiger partial charge in [-0.3, -0.25) is 14.4 Å². The largest absolute Gasteiger partial charge is 0.494 e. The highest BCUT2D eigenvalue weighted by Gasteiger charge is 2.18. The second-order valence-corrected chi connectivity index (χ2v) is 11.0. The summed E-state index contributed by atoms with van der Waals surface area (Å²) in [7, 11) is -3.51. The number of rotatable bonds is 10. The van der Waals surface area contributed by atoms with E-state index >= 15 is 0 Å². The third-order valence-electron chi connectivity index (χ3n) is 4.27. The standard InChI is InChI=1S/C21H24N4O4S3/c1-4-29-18-12-10-17(11-13-18)25(32(3,27)28)14-15-6-8-16(9-7-15)19(26)22-20-23-24-21(31-20)30-5-2/h6-13H,4-5,14H2,1-3H3,(H,22,23,26). The number of hydrogen-bond donors (Lipinski definition) is 1. The molecule has 1 aromatic heterocycles. The van der Waals surface area contributed by atoms with Gasteiger partial charge in [0.05, 0.1) is 25.1 Å². The van der Waals surface area contributed by atoms with Crippen LogP contribution in [0.4, 0.5) is 10.8 Å². The van der Waals surface area contributed by atoms with Gasteiger partial charge in [0.15, 0.2) is 4.34 Å². The molecule has 1 amide bonds. The molecule has 0 saturated carbocycles. The zero-order valence-corrected chi connectivity index (χ0v) is 20.4. The summed E-state index contributed by atoms with van der Waals surface area (Å²) in [4.78, 5) is 12.5. The van der Waals surface area contributed by atoms with Gasteiger partial charge >= 0.3 is 0 Å². The first-order valence-electron chi connectivity index (χ1n) is 9.87. The monoisotopic (exact) mass is 492 g/mol. The molecule has 0 spiro atoms. The molecule has 0 aliphatic carbocycles. The summed E-state index contributed by atoms with van der Waals surface area (Å²) in [6.45, 7) is 4.58. The zero-order valence-electron chi connectivity index (χ0n) is 17.9. The van der Waals surface area contributed by atoms with Crippen molar-refractivity contribution in [3.05, 3.63) is 59.7 Å². The van der Waals surface area contributed by atoms with Gasteiger partial charge in [-0.25, -0.2) is 8.42 Å². The zero-order chi connectivity index (χ0) is 23.1. The summed E-state index contributed by atoms with van der Waals surface area (Å²) < 4.78 is 32.3. The van der Waals surface area contributed by atoms with Gasteiger partial charge in [0, 0.05) is 5.56 Å². The van der Waals surface area contributed by atoms with Crippen LogP contribution in [0.2, 0.25) is 0 Å². The van der Waals surface area contributed by atoms with Gasteiger partial charge in [0.25, 0.3) is 5.91 Å². The van der Waals surface area contributed by atoms with Crippen molar-refractivity contribution >= 4 is 49.8 Å². The maximum atomic E-state index is 12.5. The van der Waals surface area contributed by atoms with Gasteiger partial charge in [0.2, 0.25) is 15.2 Å². The van der Waals surface area contributed by atoms with Crippen LogP contribution in [-0.2, 0) is 16.6 Å². The van der Waals surface area contributed by atoms with Crippen molar-refractivity contribution in [3.8, 4) is 5.75 Å². The molecule has 1 heterocycles. The second-order valence-electron chi connectivity index (χ2n) is 6.65. The summed E-state index contributed by atoms with van der Waals surface area (Å²) in [5.74, 6) is 1.26. The molecule has 32 heavy (non-hydrogen) atoms. The molecule has 0 unspecified atom stereocenters. The molecule has 8 nitrogen and oxygen atoms in total. The summed E-state index contributed by atoms with van der Waals surface area (Å²) in [6.07, 6.45) is 1.17. The summed E-state index contributed by atoms with van der Waals surface area (Å²) >= 11 is 2.89. The molecule has 3 aromatic rings. The number of hydrogen-bond acceptors (Lipinski definition) is 8. The van der Waals surface area contributed by atoms with Crippen molar-refractivity contribution in [2.45, 2.75) is 24.7 Å². The van der Waals surface area contributed by atoms with E-state index < -0.39 is 10.0 Å². The Kier molecular flexibility index (Phi) is 8.10. The van der Waals surface area contributed by atoms with Crippen LogP contribution >= 0.6 is 23.1 Å². The number of amides is 1. The van der Waals surface area contributed by atoms with E-state index in [1.54, 1.807) is 60.3 Å². The number of carbonyl (C=O) groups is 1. The molecule has 2 aromatic carbocycles. The SMILES string of the molecule is CCOc1ccc(N(Cc2ccc(C(=O)Nc3nnc(SCC)s3)cc2)S(C)(=O)=O)cc1. The number of nitrogens with zero attached hydrogens (tertiary/aromatic N) is 3. The first-order chi connectivity index (χ1) is 15.3. The number of ether oxygens (including phenoxy) is 1. The van der Waals surface area contributed by atoms with Crippen LogP contribution in [-0.4, -0.2) is 43.1 Å². The van der Waals surface area contributed by atoms with E-state index in [1.165, 1.54) is 21.9 Å². The average Bonchev–Trinajstić information content (AvgIpc) is 3.20. The highest BCUT2D eigenvalue weighted by Crippen LogP contribution is 2.26. The second kappa shape index (κ2) is 10.8. The predicted molar refractivity (Wildman–Crippen MR) is 129 cm³/mol. The quantitative estimate of drug-likeness (QED) is 0.333. The number of nitrogens with one attached hydrogen (secondary N) is 1. The molecule has 0 atom stereocenters. The van der Waals surface area contributed by atoms with Crippen LogP contribution in [0.3, 0.4) is 0 Å². The summed E-state index contributed by atoms with van der Waals surface area (Å²) in [6, 6.07) is 13.7. The Hall–Kier alpha value is -2.63. The molecule has 0 saturated heterocycles. The number of anilines is 2. The minimum absolute atomic E-state index is 0.142. The average molecular weight is 493 g/mol. The molecule has 0 bridgehead atoms. The first kappa shape index (κ1) is 24.0. The van der Waals surface area contributed by atoms with E-state index in [0.717, 1.165) is 15.7 Å². The van der Waals surface area contributed by atoms with Gasteiger partial charge in [-0.1, -0.05) is 42.2 Å². The van der Waals surface area contributed by atoms with E-state index in [-0.39, 0.29) is 12.5 Å². The van der Waals surface area contributed by atoms with Crippen molar-refractivity contribution in [2.24, 2.45) is 0 Å². The van der Waals surface area contributed by atoms with Crippen LogP contribution in [0.1, 0.15) is 29.8 Å². The van der Waals surface area contributed by atoms with E-state index in [2.05, 4.69) is 15.5 Å². The third kappa shape index (κ3) is 6.44. The topological polar surface area (TPSA) is 101 Å². The maximum absolute atomic E-state index is 12.5. The van der Waals surface area contributed by atoms with Crippen LogP contribution in [0.15, 0.2) is 52.9 Å². The molecular formula is C21H24N4O4S3. The van der Waals surface area contributed by atoms with E-state index in [9.17, 15) is 13.2 Å². The lowest BCUT2D eigenvalue weighted by atomic mass is 10.1. The van der Waals surface area contributed by atoms with E-state index in [1.807, 2.05) is 13.8 Å². The van der Waals surface area contributed by atoms with Crippen LogP contribution in [0.25, 0.3) is 0 Å². The lowest BCUT2D eigenvalue weighted by Gasteiger charge is -2.23. The number of benzene rings is 2. The van der Waals surface area contributed by atoms with Gasteiger partial charge in [-0.15, -0.1) is 10.2 Å².